The van der Waals surface area contributed by atoms with Crippen LogP contribution in [0.3, 0.4) is 0 Å². The normalized spacial score (nSPS) is 23.6. The van der Waals surface area contributed by atoms with Crippen LogP contribution in [0.1, 0.15) is 41.0 Å². The minimum Gasteiger partial charge on any atom is -0.492 e. The maximum absolute atomic E-state index is 6.22. The molecule has 1 N–H and O–H groups in total. The molecule has 0 saturated carbocycles. The molecule has 2 rings (SSSR count). The van der Waals surface area contributed by atoms with Crippen LogP contribution in [0.2, 0.25) is 5.02 Å². The molecule has 1 aliphatic rings. The van der Waals surface area contributed by atoms with Crippen LogP contribution < -0.4 is 10.1 Å². The van der Waals surface area contributed by atoms with Crippen LogP contribution in [0.15, 0.2) is 18.2 Å². The summed E-state index contributed by atoms with van der Waals surface area (Å²) in [5.74, 6) is 0.724. The van der Waals surface area contributed by atoms with Gasteiger partial charge < -0.3 is 14.8 Å². The molecule has 1 saturated heterocycles. The molecule has 1 fully saturated rings. The van der Waals surface area contributed by atoms with Gasteiger partial charge in [-0.2, -0.15) is 0 Å². The van der Waals surface area contributed by atoms with Gasteiger partial charge in [-0.15, -0.1) is 0 Å². The van der Waals surface area contributed by atoms with Crippen LogP contribution in [0.5, 0.6) is 5.75 Å². The average Bonchev–Trinajstić information content (AvgIpc) is 2.50. The lowest BCUT2D eigenvalue weighted by atomic mass is 9.94. The molecule has 0 radical (unpaired) electrons. The topological polar surface area (TPSA) is 30.5 Å². The van der Waals surface area contributed by atoms with E-state index in [1.165, 1.54) is 0 Å². The number of nitrogens with one attached hydrogen (secondary N) is 1. The van der Waals surface area contributed by atoms with E-state index in [0.29, 0.717) is 11.6 Å². The molecule has 112 valence electrons. The molecule has 1 atom stereocenters. The van der Waals surface area contributed by atoms with Crippen LogP contribution >= 0.6 is 11.6 Å². The first-order valence-corrected chi connectivity index (χ1v) is 7.50. The number of benzene rings is 1. The number of ether oxygens (including phenoxy) is 2. The van der Waals surface area contributed by atoms with Gasteiger partial charge in [-0.05, 0) is 59.2 Å². The lowest BCUT2D eigenvalue weighted by Gasteiger charge is -2.28. The quantitative estimate of drug-likeness (QED) is 0.888. The number of halogens is 1. The Morgan fingerprint density at radius 1 is 1.35 bits per heavy atom. The number of rotatable bonds is 4. The van der Waals surface area contributed by atoms with Crippen molar-refractivity contribution in [1.29, 1.82) is 0 Å². The average molecular weight is 298 g/mol. The highest BCUT2D eigenvalue weighted by Crippen LogP contribution is 2.39. The Morgan fingerprint density at radius 2 is 2.05 bits per heavy atom. The van der Waals surface area contributed by atoms with Gasteiger partial charge in [0.05, 0.1) is 28.9 Å². The summed E-state index contributed by atoms with van der Waals surface area (Å²) in [4.78, 5) is 0. The zero-order chi connectivity index (χ0) is 15.0. The molecular formula is C16H24ClNO2. The van der Waals surface area contributed by atoms with Gasteiger partial charge in [0.15, 0.2) is 0 Å². The SMILES string of the molecule is CCOc1ccc(NC2CC(C)(C)OC2(C)C)cc1Cl. The molecular weight excluding hydrogens is 274 g/mol. The lowest BCUT2D eigenvalue weighted by Crippen LogP contribution is -2.38. The molecule has 1 unspecified atom stereocenters. The molecule has 0 aromatic heterocycles. The van der Waals surface area contributed by atoms with Crippen molar-refractivity contribution in [3.63, 3.8) is 0 Å². The van der Waals surface area contributed by atoms with E-state index in [4.69, 9.17) is 21.1 Å². The number of anilines is 1. The summed E-state index contributed by atoms with van der Waals surface area (Å²) in [6.45, 7) is 11.1. The summed E-state index contributed by atoms with van der Waals surface area (Å²) in [6.07, 6.45) is 0.963. The highest BCUT2D eigenvalue weighted by atomic mass is 35.5. The van der Waals surface area contributed by atoms with E-state index in [0.717, 1.165) is 17.9 Å². The van der Waals surface area contributed by atoms with Crippen LogP contribution in [0.4, 0.5) is 5.69 Å². The molecule has 0 amide bonds. The molecule has 0 spiro atoms. The van der Waals surface area contributed by atoms with Gasteiger partial charge in [0.25, 0.3) is 0 Å². The third-order valence-corrected chi connectivity index (χ3v) is 3.94. The maximum atomic E-state index is 6.22. The van der Waals surface area contributed by atoms with E-state index < -0.39 is 0 Å². The van der Waals surface area contributed by atoms with Crippen molar-refractivity contribution in [1.82, 2.24) is 0 Å². The molecule has 0 aliphatic carbocycles. The standard InChI is InChI=1S/C16H24ClNO2/c1-6-19-13-8-7-11(9-12(13)17)18-14-10-15(2,3)20-16(14,4)5/h7-9,14,18H,6,10H2,1-5H3. The summed E-state index contributed by atoms with van der Waals surface area (Å²) in [7, 11) is 0. The fraction of sp³-hybridized carbons (Fsp3) is 0.625. The second-order valence-corrected chi connectivity index (χ2v) is 6.85. The van der Waals surface area contributed by atoms with Crippen molar-refractivity contribution >= 4 is 17.3 Å². The van der Waals surface area contributed by atoms with Crippen molar-refractivity contribution in [2.45, 2.75) is 58.3 Å². The van der Waals surface area contributed by atoms with E-state index in [2.05, 4.69) is 33.0 Å². The second-order valence-electron chi connectivity index (χ2n) is 6.44. The van der Waals surface area contributed by atoms with E-state index in [1.807, 2.05) is 25.1 Å². The third-order valence-electron chi connectivity index (χ3n) is 3.65. The van der Waals surface area contributed by atoms with Crippen LogP contribution in [0.25, 0.3) is 0 Å². The smallest absolute Gasteiger partial charge is 0.138 e. The summed E-state index contributed by atoms with van der Waals surface area (Å²) in [5, 5.41) is 4.16. The summed E-state index contributed by atoms with van der Waals surface area (Å²) in [6, 6.07) is 6.07. The van der Waals surface area contributed by atoms with Gasteiger partial charge in [0.1, 0.15) is 5.75 Å². The molecule has 3 nitrogen and oxygen atoms in total. The fourth-order valence-electron chi connectivity index (χ4n) is 2.85. The van der Waals surface area contributed by atoms with Crippen molar-refractivity contribution in [2.75, 3.05) is 11.9 Å². The molecule has 1 aromatic carbocycles. The third kappa shape index (κ3) is 3.39. The van der Waals surface area contributed by atoms with Crippen molar-refractivity contribution in [3.05, 3.63) is 23.2 Å². The van der Waals surface area contributed by atoms with Crippen molar-refractivity contribution in [2.24, 2.45) is 0 Å². The van der Waals surface area contributed by atoms with E-state index in [-0.39, 0.29) is 17.2 Å². The number of hydrogen-bond acceptors (Lipinski definition) is 3. The summed E-state index contributed by atoms with van der Waals surface area (Å²) >= 11 is 6.22. The number of hydrogen-bond donors (Lipinski definition) is 1. The van der Waals surface area contributed by atoms with E-state index in [1.54, 1.807) is 0 Å². The Kier molecular flexibility index (Phi) is 4.22. The fourth-order valence-corrected chi connectivity index (χ4v) is 3.09. The van der Waals surface area contributed by atoms with Gasteiger partial charge >= 0.3 is 0 Å². The summed E-state index contributed by atoms with van der Waals surface area (Å²) in [5.41, 5.74) is 0.697. The molecule has 1 aliphatic heterocycles. The zero-order valence-electron chi connectivity index (χ0n) is 12.9. The van der Waals surface area contributed by atoms with Crippen LogP contribution in [0, 0.1) is 0 Å². The lowest BCUT2D eigenvalue weighted by molar-refractivity contribution is -0.0662. The maximum Gasteiger partial charge on any atom is 0.138 e. The van der Waals surface area contributed by atoms with Gasteiger partial charge in [0, 0.05) is 5.69 Å². The Labute approximate surface area is 126 Å². The van der Waals surface area contributed by atoms with E-state index >= 15 is 0 Å². The molecule has 1 heterocycles. The Bertz CT molecular complexity index is 485. The molecule has 4 heteroatoms. The highest BCUT2D eigenvalue weighted by molar-refractivity contribution is 6.32. The van der Waals surface area contributed by atoms with Gasteiger partial charge in [-0.25, -0.2) is 0 Å². The van der Waals surface area contributed by atoms with Crippen LogP contribution in [-0.4, -0.2) is 23.9 Å². The van der Waals surface area contributed by atoms with Crippen LogP contribution in [-0.2, 0) is 4.74 Å². The van der Waals surface area contributed by atoms with Crippen molar-refractivity contribution in [3.8, 4) is 5.75 Å². The van der Waals surface area contributed by atoms with Crippen molar-refractivity contribution < 1.29 is 9.47 Å². The molecule has 1 aromatic rings. The van der Waals surface area contributed by atoms with Gasteiger partial charge in [0.2, 0.25) is 0 Å². The molecule has 0 bridgehead atoms. The van der Waals surface area contributed by atoms with E-state index in [9.17, 15) is 0 Å². The first kappa shape index (κ1) is 15.5. The molecule has 20 heavy (non-hydrogen) atoms. The Balaban J connectivity index is 2.12. The largest absolute Gasteiger partial charge is 0.492 e. The Morgan fingerprint density at radius 3 is 2.55 bits per heavy atom. The second kappa shape index (κ2) is 5.45. The first-order valence-electron chi connectivity index (χ1n) is 7.12. The Hall–Kier alpha value is -0.930. The highest BCUT2D eigenvalue weighted by Gasteiger charge is 2.45. The predicted molar refractivity (Wildman–Crippen MR) is 83.9 cm³/mol. The summed E-state index contributed by atoms with van der Waals surface area (Å²) < 4.78 is 11.5. The first-order chi connectivity index (χ1) is 9.23. The monoisotopic (exact) mass is 297 g/mol. The van der Waals surface area contributed by atoms with Gasteiger partial charge in [-0.3, -0.25) is 0 Å². The zero-order valence-corrected chi connectivity index (χ0v) is 13.7. The minimum absolute atomic E-state index is 0.101. The predicted octanol–water partition coefficient (Wildman–Crippen LogP) is 4.50. The van der Waals surface area contributed by atoms with Gasteiger partial charge in [-0.1, -0.05) is 11.6 Å². The minimum atomic E-state index is -0.200.